The van der Waals surface area contributed by atoms with Crippen molar-refractivity contribution in [2.24, 2.45) is 0 Å². The molecule has 8 nitrogen and oxygen atoms in total. The molecule has 1 aliphatic rings. The zero-order valence-corrected chi connectivity index (χ0v) is 25.3. The molecule has 1 saturated heterocycles. The minimum atomic E-state index is -0.333. The van der Waals surface area contributed by atoms with E-state index in [4.69, 9.17) is 0 Å². The Morgan fingerprint density at radius 1 is 0.800 bits per heavy atom. The van der Waals surface area contributed by atoms with Crippen LogP contribution >= 0.6 is 0 Å². The SMILES string of the molecule is CCCCCCCCCCCCCCCCNc1ncnc(N2CCN(c3cccc(C)c3C)CC2)c1[N+](=O)[O-]. The Morgan fingerprint density at radius 3 is 1.93 bits per heavy atom. The van der Waals surface area contributed by atoms with Crippen molar-refractivity contribution < 1.29 is 4.92 Å². The average Bonchev–Trinajstić information content (AvgIpc) is 2.96. The highest BCUT2D eigenvalue weighted by molar-refractivity contribution is 5.71. The van der Waals surface area contributed by atoms with Crippen LogP contribution in [0.1, 0.15) is 108 Å². The van der Waals surface area contributed by atoms with Gasteiger partial charge in [-0.05, 0) is 37.5 Å². The Hall–Kier alpha value is -2.90. The summed E-state index contributed by atoms with van der Waals surface area (Å²) in [6, 6.07) is 6.38. The van der Waals surface area contributed by atoms with Gasteiger partial charge in [0.1, 0.15) is 6.33 Å². The maximum Gasteiger partial charge on any atom is 0.353 e. The second-order valence-corrected chi connectivity index (χ2v) is 11.4. The third kappa shape index (κ3) is 9.93. The van der Waals surface area contributed by atoms with E-state index in [0.717, 1.165) is 25.9 Å². The Bertz CT molecular complexity index is 1020. The number of benzene rings is 1. The highest BCUT2D eigenvalue weighted by Crippen LogP contribution is 2.33. The second kappa shape index (κ2) is 17.7. The van der Waals surface area contributed by atoms with Crippen LogP contribution in [0.25, 0.3) is 0 Å². The van der Waals surface area contributed by atoms with Crippen LogP contribution in [0.2, 0.25) is 0 Å². The van der Waals surface area contributed by atoms with Crippen LogP contribution in [0.3, 0.4) is 0 Å². The standard InChI is InChI=1S/C32H52N6O2/c1-4-5-6-7-8-9-10-11-12-13-14-15-16-17-21-33-31-30(38(39)40)32(35-26-34-31)37-24-22-36(23-25-37)29-20-18-19-27(2)28(29)3/h18-20,26H,4-17,21-25H2,1-3H3,(H,33,34,35). The van der Waals surface area contributed by atoms with Gasteiger partial charge in [0.25, 0.3) is 0 Å². The largest absolute Gasteiger partial charge is 0.368 e. The van der Waals surface area contributed by atoms with E-state index in [1.165, 1.54) is 100 Å². The van der Waals surface area contributed by atoms with E-state index in [9.17, 15) is 10.1 Å². The molecule has 8 heteroatoms. The number of hydrogen-bond acceptors (Lipinski definition) is 7. The lowest BCUT2D eigenvalue weighted by Gasteiger charge is -2.37. The Balaban J connectivity index is 1.36. The molecule has 222 valence electrons. The van der Waals surface area contributed by atoms with Gasteiger partial charge >= 0.3 is 5.69 Å². The molecule has 0 spiro atoms. The predicted octanol–water partition coefficient (Wildman–Crippen LogP) is 8.22. The molecule has 2 aromatic rings. The highest BCUT2D eigenvalue weighted by Gasteiger charge is 2.29. The summed E-state index contributed by atoms with van der Waals surface area (Å²) in [5, 5.41) is 15.3. The molecule has 0 radical (unpaired) electrons. The molecule has 0 unspecified atom stereocenters. The lowest BCUT2D eigenvalue weighted by atomic mass is 10.0. The summed E-state index contributed by atoms with van der Waals surface area (Å²) >= 11 is 0. The van der Waals surface area contributed by atoms with Crippen LogP contribution in [0, 0.1) is 24.0 Å². The van der Waals surface area contributed by atoms with Crippen LogP contribution in [-0.4, -0.2) is 47.6 Å². The summed E-state index contributed by atoms with van der Waals surface area (Å²) < 4.78 is 0. The average molecular weight is 553 g/mol. The number of aryl methyl sites for hydroxylation is 1. The predicted molar refractivity (Wildman–Crippen MR) is 168 cm³/mol. The lowest BCUT2D eigenvalue weighted by Crippen LogP contribution is -2.47. The monoisotopic (exact) mass is 552 g/mol. The van der Waals surface area contributed by atoms with E-state index in [1.54, 1.807) is 0 Å². The molecule has 1 aliphatic heterocycles. The molecule has 0 amide bonds. The summed E-state index contributed by atoms with van der Waals surface area (Å²) in [5.74, 6) is 0.755. The Kier molecular flexibility index (Phi) is 14.0. The van der Waals surface area contributed by atoms with Gasteiger partial charge < -0.3 is 15.1 Å². The molecule has 1 aromatic carbocycles. The first-order valence-corrected chi connectivity index (χ1v) is 15.8. The van der Waals surface area contributed by atoms with Gasteiger partial charge in [0.05, 0.1) is 4.92 Å². The number of aromatic nitrogens is 2. The van der Waals surface area contributed by atoms with Crippen molar-refractivity contribution in [3.05, 3.63) is 45.8 Å². The molecule has 1 fully saturated rings. The van der Waals surface area contributed by atoms with E-state index >= 15 is 0 Å². The second-order valence-electron chi connectivity index (χ2n) is 11.4. The van der Waals surface area contributed by atoms with Crippen molar-refractivity contribution in [1.82, 2.24) is 9.97 Å². The third-order valence-corrected chi connectivity index (χ3v) is 8.30. The maximum atomic E-state index is 12.1. The molecule has 3 rings (SSSR count). The van der Waals surface area contributed by atoms with Crippen molar-refractivity contribution >= 4 is 23.0 Å². The lowest BCUT2D eigenvalue weighted by molar-refractivity contribution is -0.383. The number of piperazine rings is 1. The Labute approximate surface area is 242 Å². The quantitative estimate of drug-likeness (QED) is 0.107. The number of anilines is 3. The first-order chi connectivity index (χ1) is 19.5. The van der Waals surface area contributed by atoms with Crippen LogP contribution < -0.4 is 15.1 Å². The zero-order valence-electron chi connectivity index (χ0n) is 25.3. The summed E-state index contributed by atoms with van der Waals surface area (Å²) in [6.45, 7) is 10.2. The van der Waals surface area contributed by atoms with Gasteiger partial charge in [0.15, 0.2) is 0 Å². The van der Waals surface area contributed by atoms with Gasteiger partial charge in [0, 0.05) is 38.4 Å². The minimum Gasteiger partial charge on any atom is -0.368 e. The fourth-order valence-electron chi connectivity index (χ4n) is 5.66. The van der Waals surface area contributed by atoms with E-state index in [0.29, 0.717) is 31.3 Å². The summed E-state index contributed by atoms with van der Waals surface area (Å²) in [6.07, 6.45) is 19.8. The van der Waals surface area contributed by atoms with E-state index in [-0.39, 0.29) is 10.6 Å². The molecular formula is C32H52N6O2. The first-order valence-electron chi connectivity index (χ1n) is 15.8. The van der Waals surface area contributed by atoms with Crippen LogP contribution in [0.5, 0.6) is 0 Å². The van der Waals surface area contributed by atoms with Gasteiger partial charge in [-0.15, -0.1) is 0 Å². The number of rotatable bonds is 19. The zero-order chi connectivity index (χ0) is 28.6. The molecule has 0 atom stereocenters. The highest BCUT2D eigenvalue weighted by atomic mass is 16.6. The van der Waals surface area contributed by atoms with Crippen molar-refractivity contribution in [2.75, 3.05) is 47.8 Å². The molecule has 0 aliphatic carbocycles. The number of hydrogen-bond donors (Lipinski definition) is 1. The van der Waals surface area contributed by atoms with E-state index in [2.05, 4.69) is 59.2 Å². The number of nitro groups is 1. The summed E-state index contributed by atoms with van der Waals surface area (Å²) in [5.41, 5.74) is 3.81. The number of unbranched alkanes of at least 4 members (excludes halogenated alkanes) is 13. The van der Waals surface area contributed by atoms with Crippen molar-refractivity contribution in [3.8, 4) is 0 Å². The summed E-state index contributed by atoms with van der Waals surface area (Å²) in [4.78, 5) is 24.7. The molecular weight excluding hydrogens is 500 g/mol. The van der Waals surface area contributed by atoms with Gasteiger partial charge in [-0.3, -0.25) is 10.1 Å². The van der Waals surface area contributed by atoms with Crippen molar-refractivity contribution in [2.45, 2.75) is 111 Å². The molecule has 40 heavy (non-hydrogen) atoms. The molecule has 1 N–H and O–H groups in total. The van der Waals surface area contributed by atoms with Gasteiger partial charge in [-0.2, -0.15) is 0 Å². The minimum absolute atomic E-state index is 0.00644. The van der Waals surface area contributed by atoms with Crippen LogP contribution in [0.15, 0.2) is 24.5 Å². The number of nitrogens with one attached hydrogen (secondary N) is 1. The topological polar surface area (TPSA) is 87.4 Å². The van der Waals surface area contributed by atoms with Crippen LogP contribution in [-0.2, 0) is 0 Å². The van der Waals surface area contributed by atoms with Gasteiger partial charge in [0.2, 0.25) is 11.6 Å². The first kappa shape index (κ1) is 31.6. The van der Waals surface area contributed by atoms with Crippen molar-refractivity contribution in [1.29, 1.82) is 0 Å². The third-order valence-electron chi connectivity index (χ3n) is 8.30. The fourth-order valence-corrected chi connectivity index (χ4v) is 5.66. The summed E-state index contributed by atoms with van der Waals surface area (Å²) in [7, 11) is 0. The van der Waals surface area contributed by atoms with Crippen molar-refractivity contribution in [3.63, 3.8) is 0 Å². The molecule has 0 bridgehead atoms. The Morgan fingerprint density at radius 2 is 1.35 bits per heavy atom. The fraction of sp³-hybridized carbons (Fsp3) is 0.688. The van der Waals surface area contributed by atoms with E-state index in [1.807, 2.05) is 4.90 Å². The molecule has 2 heterocycles. The van der Waals surface area contributed by atoms with E-state index < -0.39 is 0 Å². The molecule has 0 saturated carbocycles. The van der Waals surface area contributed by atoms with Gasteiger partial charge in [-0.1, -0.05) is 103 Å². The molecule has 1 aromatic heterocycles. The van der Waals surface area contributed by atoms with Gasteiger partial charge in [-0.25, -0.2) is 9.97 Å². The van der Waals surface area contributed by atoms with Crippen LogP contribution in [0.4, 0.5) is 23.0 Å². The normalized spacial score (nSPS) is 13.6. The smallest absolute Gasteiger partial charge is 0.353 e. The maximum absolute atomic E-state index is 12.1. The number of nitrogens with zero attached hydrogens (tertiary/aromatic N) is 5.